The standard InChI is InChI=1S/C11H12N2O5S2/c1-7(8-4-3-5-18-8)13-20(15,16)11-9(10(14)17-2)12-6-19-11/h3-7,13H,1-2H3/t7-/m1/s1. The molecule has 0 aliphatic carbocycles. The number of nitrogens with one attached hydrogen (secondary N) is 1. The van der Waals surface area contributed by atoms with Gasteiger partial charge in [0.05, 0.1) is 24.9 Å². The molecule has 0 spiro atoms. The second kappa shape index (κ2) is 5.73. The fraction of sp³-hybridized carbons (Fsp3) is 0.273. The van der Waals surface area contributed by atoms with E-state index >= 15 is 0 Å². The molecule has 7 nitrogen and oxygen atoms in total. The van der Waals surface area contributed by atoms with E-state index in [0.29, 0.717) is 5.76 Å². The third-order valence-corrected chi connectivity index (χ3v) is 5.37. The number of rotatable bonds is 5. The van der Waals surface area contributed by atoms with Gasteiger partial charge in [0.25, 0.3) is 10.0 Å². The van der Waals surface area contributed by atoms with Crippen LogP contribution in [0.4, 0.5) is 0 Å². The molecule has 1 N–H and O–H groups in total. The molecule has 9 heteroatoms. The van der Waals surface area contributed by atoms with Crippen LogP contribution in [0.5, 0.6) is 0 Å². The first-order valence-electron chi connectivity index (χ1n) is 5.53. The van der Waals surface area contributed by atoms with Gasteiger partial charge in [0.1, 0.15) is 5.76 Å². The zero-order valence-electron chi connectivity index (χ0n) is 10.7. The number of hydrogen-bond acceptors (Lipinski definition) is 7. The summed E-state index contributed by atoms with van der Waals surface area (Å²) in [6.07, 6.45) is 1.45. The third kappa shape index (κ3) is 2.89. The van der Waals surface area contributed by atoms with Gasteiger partial charge in [-0.3, -0.25) is 0 Å². The van der Waals surface area contributed by atoms with Gasteiger partial charge in [-0.1, -0.05) is 0 Å². The fourth-order valence-corrected chi connectivity index (χ4v) is 3.90. The van der Waals surface area contributed by atoms with Crippen molar-refractivity contribution >= 4 is 27.3 Å². The van der Waals surface area contributed by atoms with E-state index in [2.05, 4.69) is 14.4 Å². The lowest BCUT2D eigenvalue weighted by atomic mass is 10.3. The number of sulfonamides is 1. The zero-order valence-corrected chi connectivity index (χ0v) is 12.3. The Morgan fingerprint density at radius 1 is 1.55 bits per heavy atom. The molecule has 0 unspecified atom stereocenters. The van der Waals surface area contributed by atoms with Crippen molar-refractivity contribution < 1.29 is 22.4 Å². The van der Waals surface area contributed by atoms with E-state index in [1.54, 1.807) is 19.1 Å². The van der Waals surface area contributed by atoms with Crippen LogP contribution in [0.1, 0.15) is 29.2 Å². The van der Waals surface area contributed by atoms with Crippen molar-refractivity contribution in [3.63, 3.8) is 0 Å². The number of methoxy groups -OCH3 is 1. The molecule has 2 rings (SSSR count). The number of nitrogens with zero attached hydrogens (tertiary/aromatic N) is 1. The summed E-state index contributed by atoms with van der Waals surface area (Å²) in [5.74, 6) is -0.324. The van der Waals surface area contributed by atoms with Gasteiger partial charge in [0.15, 0.2) is 9.90 Å². The molecule has 0 bridgehead atoms. The maximum atomic E-state index is 12.2. The number of thiazole rings is 1. The lowest BCUT2D eigenvalue weighted by molar-refractivity contribution is 0.0590. The van der Waals surface area contributed by atoms with Crippen LogP contribution in [0, 0.1) is 0 Å². The smallest absolute Gasteiger partial charge is 0.358 e. The molecule has 2 heterocycles. The molecule has 0 radical (unpaired) electrons. The number of carbonyl (C=O) groups excluding carboxylic acids is 1. The first kappa shape index (κ1) is 14.7. The Bertz CT molecular complexity index is 690. The minimum atomic E-state index is -3.88. The number of ether oxygens (including phenoxy) is 1. The fourth-order valence-electron chi connectivity index (χ4n) is 1.54. The summed E-state index contributed by atoms with van der Waals surface area (Å²) in [6, 6.07) is 2.75. The Kier molecular flexibility index (Phi) is 4.21. The van der Waals surface area contributed by atoms with Crippen molar-refractivity contribution in [3.05, 3.63) is 35.4 Å². The highest BCUT2D eigenvalue weighted by atomic mass is 32.2. The normalized spacial score (nSPS) is 13.1. The molecule has 2 aromatic heterocycles. The second-order valence-corrected chi connectivity index (χ2v) is 6.60. The minimum absolute atomic E-state index is 0.178. The van der Waals surface area contributed by atoms with Gasteiger partial charge in [-0.05, 0) is 19.1 Å². The van der Waals surface area contributed by atoms with Gasteiger partial charge in [-0.25, -0.2) is 18.2 Å². The lowest BCUT2D eigenvalue weighted by Crippen LogP contribution is -2.27. The van der Waals surface area contributed by atoms with Crippen LogP contribution in [0.15, 0.2) is 32.5 Å². The monoisotopic (exact) mass is 316 g/mol. The molecule has 0 saturated heterocycles. The molecule has 108 valence electrons. The number of esters is 1. The SMILES string of the molecule is COC(=O)c1ncsc1S(=O)(=O)N[C@H](C)c1ccco1. The number of hydrogen-bond donors (Lipinski definition) is 1. The van der Waals surface area contributed by atoms with Crippen LogP contribution < -0.4 is 4.72 Å². The minimum Gasteiger partial charge on any atom is -0.468 e. The molecule has 0 fully saturated rings. The predicted octanol–water partition coefficient (Wildman–Crippen LogP) is 1.56. The largest absolute Gasteiger partial charge is 0.468 e. The molecule has 0 saturated carbocycles. The molecule has 0 aromatic carbocycles. The van der Waals surface area contributed by atoms with E-state index in [-0.39, 0.29) is 9.90 Å². The highest BCUT2D eigenvalue weighted by molar-refractivity contribution is 7.91. The van der Waals surface area contributed by atoms with Crippen LogP contribution in [0.2, 0.25) is 0 Å². The topological polar surface area (TPSA) is 98.5 Å². The zero-order chi connectivity index (χ0) is 14.8. The summed E-state index contributed by atoms with van der Waals surface area (Å²) < 4.78 is 36.4. The summed E-state index contributed by atoms with van der Waals surface area (Å²) in [7, 11) is -2.72. The van der Waals surface area contributed by atoms with Gasteiger partial charge in [-0.2, -0.15) is 4.72 Å². The van der Waals surface area contributed by atoms with Gasteiger partial charge in [0, 0.05) is 0 Å². The molecule has 0 aliphatic heterocycles. The highest BCUT2D eigenvalue weighted by Gasteiger charge is 2.28. The van der Waals surface area contributed by atoms with Gasteiger partial charge < -0.3 is 9.15 Å². The Hall–Kier alpha value is -1.71. The summed E-state index contributed by atoms with van der Waals surface area (Å²) in [5, 5.41) is 0. The van der Waals surface area contributed by atoms with Crippen LogP contribution in [0.25, 0.3) is 0 Å². The van der Waals surface area contributed by atoms with E-state index in [1.165, 1.54) is 11.8 Å². The van der Waals surface area contributed by atoms with Crippen molar-refractivity contribution in [2.24, 2.45) is 0 Å². The molecule has 0 amide bonds. The van der Waals surface area contributed by atoms with E-state index in [0.717, 1.165) is 18.4 Å². The molecular weight excluding hydrogens is 304 g/mol. The van der Waals surface area contributed by atoms with Gasteiger partial charge in [0.2, 0.25) is 0 Å². The maximum Gasteiger partial charge on any atom is 0.358 e. The Morgan fingerprint density at radius 3 is 2.90 bits per heavy atom. The first-order chi connectivity index (χ1) is 9.45. The van der Waals surface area contributed by atoms with E-state index in [9.17, 15) is 13.2 Å². The molecule has 20 heavy (non-hydrogen) atoms. The second-order valence-electron chi connectivity index (χ2n) is 3.84. The first-order valence-corrected chi connectivity index (χ1v) is 7.89. The Morgan fingerprint density at radius 2 is 2.30 bits per heavy atom. The average molecular weight is 316 g/mol. The van der Waals surface area contributed by atoms with Crippen LogP contribution in [-0.4, -0.2) is 26.5 Å². The van der Waals surface area contributed by atoms with Crippen LogP contribution >= 0.6 is 11.3 Å². The highest BCUT2D eigenvalue weighted by Crippen LogP contribution is 2.23. The van der Waals surface area contributed by atoms with Crippen molar-refractivity contribution in [3.8, 4) is 0 Å². The maximum absolute atomic E-state index is 12.2. The Labute approximate surface area is 119 Å². The van der Waals surface area contributed by atoms with Crippen molar-refractivity contribution in [1.82, 2.24) is 9.71 Å². The van der Waals surface area contributed by atoms with Crippen LogP contribution in [-0.2, 0) is 14.8 Å². The number of furan rings is 1. The van der Waals surface area contributed by atoms with Gasteiger partial charge >= 0.3 is 5.97 Å². The van der Waals surface area contributed by atoms with E-state index in [1.807, 2.05) is 0 Å². The predicted molar refractivity (Wildman–Crippen MR) is 70.9 cm³/mol. The molecule has 2 aromatic rings. The molecule has 0 aliphatic rings. The van der Waals surface area contributed by atoms with E-state index in [4.69, 9.17) is 4.42 Å². The summed E-state index contributed by atoms with van der Waals surface area (Å²) >= 11 is 0.846. The average Bonchev–Trinajstić information content (AvgIpc) is 3.08. The van der Waals surface area contributed by atoms with Crippen molar-refractivity contribution in [2.45, 2.75) is 17.2 Å². The third-order valence-electron chi connectivity index (χ3n) is 2.46. The molecule has 1 atom stereocenters. The van der Waals surface area contributed by atoms with Crippen molar-refractivity contribution in [2.75, 3.05) is 7.11 Å². The summed E-state index contributed by atoms with van der Waals surface area (Å²) in [6.45, 7) is 1.63. The summed E-state index contributed by atoms with van der Waals surface area (Å²) in [5.41, 5.74) is 1.05. The molecular formula is C11H12N2O5S2. The number of aromatic nitrogens is 1. The Balaban J connectivity index is 2.27. The van der Waals surface area contributed by atoms with E-state index < -0.39 is 22.0 Å². The quantitative estimate of drug-likeness (QED) is 0.841. The lowest BCUT2D eigenvalue weighted by Gasteiger charge is -2.11. The summed E-state index contributed by atoms with van der Waals surface area (Å²) in [4.78, 5) is 15.2. The van der Waals surface area contributed by atoms with Gasteiger partial charge in [-0.15, -0.1) is 11.3 Å². The number of carbonyl (C=O) groups is 1. The van der Waals surface area contributed by atoms with Crippen LogP contribution in [0.3, 0.4) is 0 Å². The van der Waals surface area contributed by atoms with Crippen molar-refractivity contribution in [1.29, 1.82) is 0 Å².